The van der Waals surface area contributed by atoms with Crippen LogP contribution in [0, 0.1) is 0 Å². The summed E-state index contributed by atoms with van der Waals surface area (Å²) in [5.74, 6) is -0.228. The smallest absolute Gasteiger partial charge is 0.228 e. The molecule has 0 unspecified atom stereocenters. The van der Waals surface area contributed by atoms with Gasteiger partial charge in [0.2, 0.25) is 11.8 Å². The van der Waals surface area contributed by atoms with Crippen LogP contribution in [0.3, 0.4) is 0 Å². The molecule has 4 nitrogen and oxygen atoms in total. The van der Waals surface area contributed by atoms with E-state index in [2.05, 4.69) is 10.6 Å². The predicted molar refractivity (Wildman–Crippen MR) is 91.3 cm³/mol. The minimum Gasteiger partial charge on any atom is -0.326 e. The average Bonchev–Trinajstić information content (AvgIpc) is 2.47. The van der Waals surface area contributed by atoms with Crippen molar-refractivity contribution in [1.82, 2.24) is 0 Å². The second-order valence-electron chi connectivity index (χ2n) is 4.84. The van der Waals surface area contributed by atoms with Crippen molar-refractivity contribution in [2.75, 3.05) is 16.9 Å². The zero-order chi connectivity index (χ0) is 15.9. The van der Waals surface area contributed by atoms with Crippen molar-refractivity contribution in [3.05, 3.63) is 54.1 Å². The van der Waals surface area contributed by atoms with Crippen molar-refractivity contribution < 1.29 is 9.59 Å². The first-order chi connectivity index (χ1) is 10.6. The van der Waals surface area contributed by atoms with Gasteiger partial charge in [-0.05, 0) is 42.2 Å². The first-order valence-corrected chi connectivity index (χ1v) is 8.10. The molecule has 2 aromatic carbocycles. The molecule has 0 bridgehead atoms. The van der Waals surface area contributed by atoms with Crippen molar-refractivity contribution in [3.8, 4) is 0 Å². The molecule has 0 spiro atoms. The second kappa shape index (κ2) is 7.66. The van der Waals surface area contributed by atoms with Gasteiger partial charge in [0.25, 0.3) is 0 Å². The average molecular weight is 314 g/mol. The summed E-state index contributed by atoms with van der Waals surface area (Å²) in [5.41, 5.74) is 2.29. The molecule has 0 fully saturated rings. The number of amides is 2. The third-order valence-electron chi connectivity index (χ3n) is 2.99. The number of benzene rings is 2. The second-order valence-corrected chi connectivity index (χ2v) is 5.71. The van der Waals surface area contributed by atoms with Gasteiger partial charge in [0.15, 0.2) is 0 Å². The summed E-state index contributed by atoms with van der Waals surface area (Å²) in [6.07, 6.45) is 2.34. The fraction of sp³-hybridized carbons (Fsp3) is 0.176. The lowest BCUT2D eigenvalue weighted by Crippen LogP contribution is -2.14. The molecule has 0 heterocycles. The Balaban J connectivity index is 1.97. The maximum atomic E-state index is 12.1. The molecular formula is C17H18N2O2S. The van der Waals surface area contributed by atoms with E-state index in [4.69, 9.17) is 0 Å². The summed E-state index contributed by atoms with van der Waals surface area (Å²) in [7, 11) is 0. The van der Waals surface area contributed by atoms with Crippen molar-refractivity contribution >= 4 is 35.0 Å². The Kier molecular flexibility index (Phi) is 5.61. The standard InChI is InChI=1S/C17H18N2O2S/c1-12(20)18-14-4-3-5-15(11-14)19-17(21)10-13-6-8-16(22-2)9-7-13/h3-9,11H,10H2,1-2H3,(H,18,20)(H,19,21). The van der Waals surface area contributed by atoms with Gasteiger partial charge in [-0.15, -0.1) is 11.8 Å². The third-order valence-corrected chi connectivity index (χ3v) is 3.73. The summed E-state index contributed by atoms with van der Waals surface area (Å²) in [6.45, 7) is 1.45. The van der Waals surface area contributed by atoms with Gasteiger partial charge in [0.05, 0.1) is 6.42 Å². The number of thioether (sulfide) groups is 1. The van der Waals surface area contributed by atoms with Gasteiger partial charge in [-0.3, -0.25) is 9.59 Å². The Hall–Kier alpha value is -2.27. The molecule has 0 aliphatic heterocycles. The zero-order valence-corrected chi connectivity index (χ0v) is 13.4. The minimum absolute atomic E-state index is 0.0862. The summed E-state index contributed by atoms with van der Waals surface area (Å²) in [6, 6.07) is 15.0. The molecule has 5 heteroatoms. The third kappa shape index (κ3) is 4.93. The van der Waals surface area contributed by atoms with Crippen LogP contribution in [0.15, 0.2) is 53.4 Å². The van der Waals surface area contributed by atoms with E-state index in [9.17, 15) is 9.59 Å². The predicted octanol–water partition coefficient (Wildman–Crippen LogP) is 3.55. The van der Waals surface area contributed by atoms with Crippen LogP contribution >= 0.6 is 11.8 Å². The van der Waals surface area contributed by atoms with Crippen molar-refractivity contribution in [2.24, 2.45) is 0 Å². The number of nitrogens with one attached hydrogen (secondary N) is 2. The molecule has 2 amide bonds. The Labute approximate surface area is 134 Å². The van der Waals surface area contributed by atoms with Gasteiger partial charge >= 0.3 is 0 Å². The molecule has 22 heavy (non-hydrogen) atoms. The van der Waals surface area contributed by atoms with E-state index in [0.717, 1.165) is 5.56 Å². The molecule has 0 atom stereocenters. The van der Waals surface area contributed by atoms with Crippen LogP contribution in [0.5, 0.6) is 0 Å². The van der Waals surface area contributed by atoms with Crippen LogP contribution in [-0.4, -0.2) is 18.1 Å². The number of anilines is 2. The van der Waals surface area contributed by atoms with E-state index in [-0.39, 0.29) is 11.8 Å². The monoisotopic (exact) mass is 314 g/mol. The Morgan fingerprint density at radius 1 is 1.00 bits per heavy atom. The fourth-order valence-electron chi connectivity index (χ4n) is 2.01. The highest BCUT2D eigenvalue weighted by Crippen LogP contribution is 2.17. The van der Waals surface area contributed by atoms with Crippen molar-refractivity contribution in [2.45, 2.75) is 18.2 Å². The molecule has 114 valence electrons. The molecule has 0 aliphatic carbocycles. The van der Waals surface area contributed by atoms with Crippen LogP contribution < -0.4 is 10.6 Å². The van der Waals surface area contributed by atoms with Crippen LogP contribution in [0.2, 0.25) is 0 Å². The molecule has 0 aliphatic rings. The first-order valence-electron chi connectivity index (χ1n) is 6.87. The van der Waals surface area contributed by atoms with Gasteiger partial charge in [-0.25, -0.2) is 0 Å². The van der Waals surface area contributed by atoms with Gasteiger partial charge in [-0.1, -0.05) is 18.2 Å². The summed E-state index contributed by atoms with van der Waals surface area (Å²) in [5, 5.41) is 5.53. The van der Waals surface area contributed by atoms with Gasteiger partial charge in [0.1, 0.15) is 0 Å². The Morgan fingerprint density at radius 3 is 2.23 bits per heavy atom. The highest BCUT2D eigenvalue weighted by Gasteiger charge is 2.05. The number of carbonyl (C=O) groups excluding carboxylic acids is 2. The number of hydrogen-bond acceptors (Lipinski definition) is 3. The maximum Gasteiger partial charge on any atom is 0.228 e. The first kappa shape index (κ1) is 16.1. The van der Waals surface area contributed by atoms with E-state index in [1.165, 1.54) is 11.8 Å². The van der Waals surface area contributed by atoms with E-state index >= 15 is 0 Å². The van der Waals surface area contributed by atoms with Crippen LogP contribution in [0.4, 0.5) is 11.4 Å². The molecular weight excluding hydrogens is 296 g/mol. The SMILES string of the molecule is CSc1ccc(CC(=O)Nc2cccc(NC(C)=O)c2)cc1. The topological polar surface area (TPSA) is 58.2 Å². The van der Waals surface area contributed by atoms with Gasteiger partial charge in [0, 0.05) is 23.2 Å². The molecule has 2 aromatic rings. The summed E-state index contributed by atoms with van der Waals surface area (Å²) >= 11 is 1.67. The quantitative estimate of drug-likeness (QED) is 0.830. The lowest BCUT2D eigenvalue weighted by Gasteiger charge is -2.08. The van der Waals surface area contributed by atoms with E-state index in [0.29, 0.717) is 17.8 Å². The largest absolute Gasteiger partial charge is 0.326 e. The molecule has 2 rings (SSSR count). The van der Waals surface area contributed by atoms with Crippen molar-refractivity contribution in [3.63, 3.8) is 0 Å². The fourth-order valence-corrected chi connectivity index (χ4v) is 2.42. The van der Waals surface area contributed by atoms with E-state index < -0.39 is 0 Å². The van der Waals surface area contributed by atoms with Gasteiger partial charge < -0.3 is 10.6 Å². The van der Waals surface area contributed by atoms with Crippen LogP contribution in [0.25, 0.3) is 0 Å². The number of hydrogen-bond donors (Lipinski definition) is 2. The Morgan fingerprint density at radius 2 is 1.64 bits per heavy atom. The highest BCUT2D eigenvalue weighted by molar-refractivity contribution is 7.98. The molecule has 0 saturated heterocycles. The molecule has 0 radical (unpaired) electrons. The normalized spacial score (nSPS) is 10.1. The molecule has 2 N–H and O–H groups in total. The van der Waals surface area contributed by atoms with E-state index in [1.807, 2.05) is 30.5 Å². The maximum absolute atomic E-state index is 12.1. The lowest BCUT2D eigenvalue weighted by molar-refractivity contribution is -0.115. The minimum atomic E-state index is -0.141. The summed E-state index contributed by atoms with van der Waals surface area (Å²) < 4.78 is 0. The van der Waals surface area contributed by atoms with Crippen LogP contribution in [-0.2, 0) is 16.0 Å². The highest BCUT2D eigenvalue weighted by atomic mass is 32.2. The molecule has 0 saturated carbocycles. The summed E-state index contributed by atoms with van der Waals surface area (Å²) in [4.78, 5) is 24.3. The van der Waals surface area contributed by atoms with Crippen LogP contribution in [0.1, 0.15) is 12.5 Å². The molecule has 0 aromatic heterocycles. The Bertz CT molecular complexity index is 669. The van der Waals surface area contributed by atoms with Crippen molar-refractivity contribution in [1.29, 1.82) is 0 Å². The zero-order valence-electron chi connectivity index (χ0n) is 12.6. The van der Waals surface area contributed by atoms with E-state index in [1.54, 1.807) is 36.0 Å². The van der Waals surface area contributed by atoms with Gasteiger partial charge in [-0.2, -0.15) is 0 Å². The lowest BCUT2D eigenvalue weighted by atomic mass is 10.1. The number of carbonyl (C=O) groups is 2. The number of rotatable bonds is 5.